The van der Waals surface area contributed by atoms with Crippen LogP contribution in [0.3, 0.4) is 0 Å². The molecule has 0 atom stereocenters. The molecule has 1 aromatic carbocycles. The first-order valence-corrected chi connectivity index (χ1v) is 11.3. The lowest BCUT2D eigenvalue weighted by Gasteiger charge is -2.28. The second-order valence-electron chi connectivity index (χ2n) is 8.68. The molecule has 0 unspecified atom stereocenters. The van der Waals surface area contributed by atoms with Crippen LogP contribution in [0, 0.1) is 0 Å². The fraction of sp³-hybridized carbons (Fsp3) is 0.478. The fourth-order valence-electron chi connectivity index (χ4n) is 3.72. The minimum absolute atomic E-state index is 0.0953. The van der Waals surface area contributed by atoms with Gasteiger partial charge in [0.1, 0.15) is 17.2 Å². The van der Waals surface area contributed by atoms with E-state index in [9.17, 15) is 9.59 Å². The molecule has 1 amide bonds. The number of anilines is 2. The maximum Gasteiger partial charge on any atom is 0.338 e. The summed E-state index contributed by atoms with van der Waals surface area (Å²) in [6, 6.07) is 9.27. The highest BCUT2D eigenvalue weighted by molar-refractivity contribution is 7.18. The molecule has 1 fully saturated rings. The van der Waals surface area contributed by atoms with E-state index in [1.807, 2.05) is 43.9 Å². The Labute approximate surface area is 181 Å². The van der Waals surface area contributed by atoms with Crippen LogP contribution in [0.1, 0.15) is 60.1 Å². The molecule has 0 radical (unpaired) electrons. The number of carbonyl (C=O) groups excluding carboxylic acids is 2. The molecule has 7 heteroatoms. The zero-order valence-corrected chi connectivity index (χ0v) is 18.6. The number of likely N-dealkylation sites (tertiary alicyclic amines) is 1. The van der Waals surface area contributed by atoms with E-state index in [1.165, 1.54) is 17.8 Å². The molecule has 1 saturated heterocycles. The molecule has 30 heavy (non-hydrogen) atoms. The Kier molecular flexibility index (Phi) is 5.73. The summed E-state index contributed by atoms with van der Waals surface area (Å²) in [4.78, 5) is 30.0. The van der Waals surface area contributed by atoms with Gasteiger partial charge in [-0.25, -0.2) is 4.79 Å². The van der Waals surface area contributed by atoms with Crippen LogP contribution < -0.4 is 9.64 Å². The van der Waals surface area contributed by atoms with Crippen LogP contribution in [0.2, 0.25) is 0 Å². The van der Waals surface area contributed by atoms with Crippen molar-refractivity contribution in [1.29, 1.82) is 0 Å². The van der Waals surface area contributed by atoms with Gasteiger partial charge in [-0.1, -0.05) is 0 Å². The molecule has 3 heterocycles. The lowest BCUT2D eigenvalue weighted by Crippen LogP contribution is -2.35. The monoisotopic (exact) mass is 428 g/mol. The Hall–Kier alpha value is -2.54. The van der Waals surface area contributed by atoms with Crippen LogP contribution in [0.5, 0.6) is 5.75 Å². The van der Waals surface area contributed by atoms with E-state index in [0.29, 0.717) is 18.7 Å². The highest BCUT2D eigenvalue weighted by atomic mass is 32.1. The summed E-state index contributed by atoms with van der Waals surface area (Å²) < 4.78 is 11.3. The van der Waals surface area contributed by atoms with Crippen LogP contribution >= 0.6 is 11.3 Å². The van der Waals surface area contributed by atoms with Gasteiger partial charge in [-0.3, -0.25) is 4.79 Å². The maximum absolute atomic E-state index is 12.9. The summed E-state index contributed by atoms with van der Waals surface area (Å²) in [6.07, 6.45) is 3.34. The van der Waals surface area contributed by atoms with Gasteiger partial charge >= 0.3 is 5.97 Å². The van der Waals surface area contributed by atoms with Crippen molar-refractivity contribution in [1.82, 2.24) is 4.90 Å². The molecule has 4 rings (SSSR count). The number of piperidine rings is 1. The van der Waals surface area contributed by atoms with Crippen molar-refractivity contribution >= 4 is 33.9 Å². The summed E-state index contributed by atoms with van der Waals surface area (Å²) >= 11 is 1.48. The number of nitrogens with zero attached hydrogens (tertiary/aromatic N) is 2. The van der Waals surface area contributed by atoms with E-state index in [-0.39, 0.29) is 11.9 Å². The third kappa shape index (κ3) is 4.46. The molecular formula is C23H28N2O4S. The van der Waals surface area contributed by atoms with Gasteiger partial charge in [-0.05, 0) is 64.3 Å². The predicted molar refractivity (Wildman–Crippen MR) is 118 cm³/mol. The van der Waals surface area contributed by atoms with E-state index in [4.69, 9.17) is 9.47 Å². The van der Waals surface area contributed by atoms with Crippen molar-refractivity contribution in [2.75, 3.05) is 31.1 Å². The zero-order valence-electron chi connectivity index (χ0n) is 17.8. The van der Waals surface area contributed by atoms with E-state index in [2.05, 4.69) is 4.90 Å². The van der Waals surface area contributed by atoms with Gasteiger partial charge in [0, 0.05) is 24.8 Å². The number of hydrogen-bond acceptors (Lipinski definition) is 6. The normalized spacial score (nSPS) is 16.6. The van der Waals surface area contributed by atoms with E-state index in [0.717, 1.165) is 47.2 Å². The van der Waals surface area contributed by atoms with Crippen molar-refractivity contribution in [2.45, 2.75) is 45.6 Å². The standard InChI is InChI=1S/C23H28N2O4S/c1-23(2,3)29-22(27)16-7-9-17(10-8-16)25-13-14-28-18-15-19(30-21(18)25)20(26)24-11-5-4-6-12-24/h7-10,15H,4-6,11-14H2,1-3H3. The number of benzene rings is 1. The molecule has 0 N–H and O–H groups in total. The number of amides is 1. The Morgan fingerprint density at radius 2 is 1.73 bits per heavy atom. The number of carbonyl (C=O) groups is 2. The molecule has 160 valence electrons. The van der Waals surface area contributed by atoms with Crippen molar-refractivity contribution in [3.63, 3.8) is 0 Å². The first-order chi connectivity index (χ1) is 14.3. The summed E-state index contributed by atoms with van der Waals surface area (Å²) in [6.45, 7) is 8.47. The van der Waals surface area contributed by atoms with Crippen molar-refractivity contribution in [2.24, 2.45) is 0 Å². The van der Waals surface area contributed by atoms with Gasteiger partial charge in [0.05, 0.1) is 17.0 Å². The van der Waals surface area contributed by atoms with Gasteiger partial charge in [0.2, 0.25) is 0 Å². The number of ether oxygens (including phenoxy) is 2. The van der Waals surface area contributed by atoms with Crippen molar-refractivity contribution in [3.05, 3.63) is 40.8 Å². The van der Waals surface area contributed by atoms with E-state index >= 15 is 0 Å². The molecular weight excluding hydrogens is 400 g/mol. The Morgan fingerprint density at radius 3 is 2.40 bits per heavy atom. The third-order valence-corrected chi connectivity index (χ3v) is 6.29. The molecule has 2 aliphatic rings. The quantitative estimate of drug-likeness (QED) is 0.654. The molecule has 2 aromatic rings. The summed E-state index contributed by atoms with van der Waals surface area (Å²) in [7, 11) is 0. The Bertz CT molecular complexity index is 924. The Morgan fingerprint density at radius 1 is 1.03 bits per heavy atom. The summed E-state index contributed by atoms with van der Waals surface area (Å²) in [5.74, 6) is 0.517. The van der Waals surface area contributed by atoms with Gasteiger partial charge in [0.25, 0.3) is 5.91 Å². The second kappa shape index (κ2) is 8.30. The molecule has 0 aliphatic carbocycles. The first kappa shape index (κ1) is 20.7. The van der Waals surface area contributed by atoms with Crippen LogP contribution in [0.25, 0.3) is 0 Å². The lowest BCUT2D eigenvalue weighted by molar-refractivity contribution is 0.00694. The molecule has 0 spiro atoms. The molecule has 2 aliphatic heterocycles. The maximum atomic E-state index is 12.9. The van der Waals surface area contributed by atoms with Crippen LogP contribution in [0.15, 0.2) is 30.3 Å². The minimum atomic E-state index is -0.525. The van der Waals surface area contributed by atoms with Crippen molar-refractivity contribution in [3.8, 4) is 5.75 Å². The second-order valence-corrected chi connectivity index (χ2v) is 9.71. The average Bonchev–Trinajstić information content (AvgIpc) is 3.17. The number of fused-ring (bicyclic) bond motifs is 1. The van der Waals surface area contributed by atoms with E-state index in [1.54, 1.807) is 12.1 Å². The summed E-state index contributed by atoms with van der Waals surface area (Å²) in [5, 5.41) is 0.937. The number of rotatable bonds is 3. The van der Waals surface area contributed by atoms with Gasteiger partial charge < -0.3 is 19.3 Å². The summed E-state index contributed by atoms with van der Waals surface area (Å²) in [5.41, 5.74) is 0.961. The largest absolute Gasteiger partial charge is 0.489 e. The zero-order chi connectivity index (χ0) is 21.3. The lowest BCUT2D eigenvalue weighted by atomic mass is 10.1. The van der Waals surface area contributed by atoms with Gasteiger partial charge in [0.15, 0.2) is 5.75 Å². The highest BCUT2D eigenvalue weighted by Gasteiger charge is 2.28. The van der Waals surface area contributed by atoms with E-state index < -0.39 is 5.60 Å². The first-order valence-electron chi connectivity index (χ1n) is 10.5. The number of hydrogen-bond donors (Lipinski definition) is 0. The third-order valence-electron chi connectivity index (χ3n) is 5.16. The molecule has 6 nitrogen and oxygen atoms in total. The Balaban J connectivity index is 1.53. The van der Waals surface area contributed by atoms with Crippen LogP contribution in [-0.2, 0) is 4.74 Å². The van der Waals surface area contributed by atoms with Crippen LogP contribution in [0.4, 0.5) is 10.7 Å². The highest BCUT2D eigenvalue weighted by Crippen LogP contribution is 2.44. The SMILES string of the molecule is CC(C)(C)OC(=O)c1ccc(N2CCOc3cc(C(=O)N4CCCCC4)sc32)cc1. The number of thiophene rings is 1. The van der Waals surface area contributed by atoms with Gasteiger partial charge in [-0.15, -0.1) is 11.3 Å². The topological polar surface area (TPSA) is 59.1 Å². The van der Waals surface area contributed by atoms with Crippen molar-refractivity contribution < 1.29 is 19.1 Å². The molecule has 1 aromatic heterocycles. The molecule has 0 saturated carbocycles. The minimum Gasteiger partial charge on any atom is -0.489 e. The van der Waals surface area contributed by atoms with Crippen LogP contribution in [-0.4, -0.2) is 48.6 Å². The molecule has 0 bridgehead atoms. The smallest absolute Gasteiger partial charge is 0.338 e. The predicted octanol–water partition coefficient (Wildman–Crippen LogP) is 4.86. The number of esters is 1. The van der Waals surface area contributed by atoms with Gasteiger partial charge in [-0.2, -0.15) is 0 Å². The average molecular weight is 429 g/mol. The fourth-order valence-corrected chi connectivity index (χ4v) is 4.84.